The van der Waals surface area contributed by atoms with Crippen molar-refractivity contribution in [3.05, 3.63) is 146 Å². The topological polar surface area (TPSA) is 82.5 Å². The Morgan fingerprint density at radius 2 is 1.09 bits per heavy atom. The number of nitrogens with zero attached hydrogens (tertiary/aromatic N) is 6. The Morgan fingerprint density at radius 3 is 1.83 bits per heavy atom. The van der Waals surface area contributed by atoms with E-state index >= 15 is 0 Å². The predicted molar refractivity (Wildman–Crippen MR) is 181 cm³/mol. The number of benzene rings is 4. The molecule has 0 spiro atoms. The standard InChI is InChI=1S/C39H24N6O/c1-2-6-27(7-3-1)34-24-30-14-15-33-35(36(30)46-34)31-8-4-5-9-32(31)45(33)39-43-37(42-38(44-39)29-18-22-41-23-19-29)28-12-10-25(11-13-28)26-16-20-40-21-17-26/h1-24H. The molecule has 0 radical (unpaired) electrons. The Balaban J connectivity index is 1.27. The van der Waals surface area contributed by atoms with E-state index in [1.807, 2.05) is 48.5 Å². The van der Waals surface area contributed by atoms with E-state index in [1.54, 1.807) is 24.8 Å². The maximum absolute atomic E-state index is 6.58. The molecule has 0 fully saturated rings. The van der Waals surface area contributed by atoms with Crippen LogP contribution in [0.2, 0.25) is 0 Å². The number of aromatic nitrogens is 6. The Morgan fingerprint density at radius 1 is 0.478 bits per heavy atom. The third kappa shape index (κ3) is 4.33. The lowest BCUT2D eigenvalue weighted by Crippen LogP contribution is -2.06. The van der Waals surface area contributed by atoms with Crippen LogP contribution in [0.5, 0.6) is 0 Å². The summed E-state index contributed by atoms with van der Waals surface area (Å²) in [4.78, 5) is 23.4. The molecular formula is C39H24N6O. The van der Waals surface area contributed by atoms with Crippen molar-refractivity contribution in [2.45, 2.75) is 0 Å². The molecule has 0 saturated heterocycles. The molecule has 5 aromatic heterocycles. The summed E-state index contributed by atoms with van der Waals surface area (Å²) in [6, 6.07) is 40.9. The van der Waals surface area contributed by atoms with Gasteiger partial charge in [0, 0.05) is 52.3 Å². The van der Waals surface area contributed by atoms with Crippen LogP contribution in [0.1, 0.15) is 0 Å². The van der Waals surface area contributed by atoms with Gasteiger partial charge in [0.1, 0.15) is 11.3 Å². The third-order valence-corrected chi connectivity index (χ3v) is 8.30. The van der Waals surface area contributed by atoms with Crippen LogP contribution in [0, 0.1) is 0 Å². The molecule has 4 aromatic carbocycles. The van der Waals surface area contributed by atoms with Crippen molar-refractivity contribution in [2.24, 2.45) is 0 Å². The number of hydrogen-bond acceptors (Lipinski definition) is 6. The molecule has 7 heteroatoms. The van der Waals surface area contributed by atoms with Gasteiger partial charge >= 0.3 is 0 Å². The fourth-order valence-electron chi connectivity index (χ4n) is 6.09. The zero-order valence-electron chi connectivity index (χ0n) is 24.4. The molecular weight excluding hydrogens is 568 g/mol. The SMILES string of the molecule is c1ccc(-c2cc3ccc4c(c5ccccc5n4-c4nc(-c5ccncc5)nc(-c5ccc(-c6ccncc6)cc5)n4)c3o2)cc1. The van der Waals surface area contributed by atoms with Gasteiger partial charge in [-0.25, -0.2) is 4.98 Å². The quantitative estimate of drug-likeness (QED) is 0.198. The summed E-state index contributed by atoms with van der Waals surface area (Å²) in [7, 11) is 0. The van der Waals surface area contributed by atoms with Gasteiger partial charge in [-0.05, 0) is 59.7 Å². The van der Waals surface area contributed by atoms with E-state index in [1.165, 1.54) is 0 Å². The van der Waals surface area contributed by atoms with Gasteiger partial charge in [0.25, 0.3) is 0 Å². The maximum atomic E-state index is 6.58. The molecule has 0 aliphatic carbocycles. The largest absolute Gasteiger partial charge is 0.455 e. The minimum absolute atomic E-state index is 0.524. The summed E-state index contributed by atoms with van der Waals surface area (Å²) in [6.45, 7) is 0. The average Bonchev–Trinajstić information content (AvgIpc) is 3.72. The van der Waals surface area contributed by atoms with Crippen LogP contribution in [0.4, 0.5) is 0 Å². The summed E-state index contributed by atoms with van der Waals surface area (Å²) >= 11 is 0. The first-order chi connectivity index (χ1) is 22.8. The van der Waals surface area contributed by atoms with Gasteiger partial charge in [0.05, 0.1) is 16.4 Å². The first-order valence-corrected chi connectivity index (χ1v) is 15.0. The number of furan rings is 1. The van der Waals surface area contributed by atoms with E-state index in [4.69, 9.17) is 19.4 Å². The van der Waals surface area contributed by atoms with Crippen molar-refractivity contribution < 1.29 is 4.42 Å². The van der Waals surface area contributed by atoms with Crippen molar-refractivity contribution in [3.63, 3.8) is 0 Å². The Bertz CT molecular complexity index is 2510. The smallest absolute Gasteiger partial charge is 0.238 e. The van der Waals surface area contributed by atoms with Gasteiger partial charge in [-0.2, -0.15) is 9.97 Å². The zero-order valence-corrected chi connectivity index (χ0v) is 24.4. The highest BCUT2D eigenvalue weighted by atomic mass is 16.3. The van der Waals surface area contributed by atoms with Crippen LogP contribution in [0.25, 0.3) is 83.9 Å². The average molecular weight is 593 g/mol. The summed E-state index contributed by atoms with van der Waals surface area (Å²) in [5.74, 6) is 2.50. The monoisotopic (exact) mass is 592 g/mol. The van der Waals surface area contributed by atoms with Crippen molar-refractivity contribution in [2.75, 3.05) is 0 Å². The van der Waals surface area contributed by atoms with Gasteiger partial charge in [0.2, 0.25) is 5.95 Å². The molecule has 216 valence electrons. The van der Waals surface area contributed by atoms with E-state index in [0.717, 1.165) is 66.4 Å². The molecule has 0 aliphatic rings. The highest BCUT2D eigenvalue weighted by molar-refractivity contribution is 6.19. The van der Waals surface area contributed by atoms with Crippen molar-refractivity contribution in [3.8, 4) is 51.2 Å². The normalized spacial score (nSPS) is 11.5. The Kier molecular flexibility index (Phi) is 5.99. The molecule has 0 saturated carbocycles. The van der Waals surface area contributed by atoms with Crippen molar-refractivity contribution >= 4 is 32.8 Å². The van der Waals surface area contributed by atoms with E-state index in [2.05, 4.69) is 87.3 Å². The minimum Gasteiger partial charge on any atom is -0.455 e. The molecule has 0 amide bonds. The van der Waals surface area contributed by atoms with Crippen LogP contribution < -0.4 is 0 Å². The Labute approximate surface area is 263 Å². The van der Waals surface area contributed by atoms with Gasteiger partial charge in [-0.3, -0.25) is 14.5 Å². The van der Waals surface area contributed by atoms with Gasteiger partial charge in [-0.1, -0.05) is 72.8 Å². The van der Waals surface area contributed by atoms with Crippen LogP contribution >= 0.6 is 0 Å². The highest BCUT2D eigenvalue weighted by Gasteiger charge is 2.21. The molecule has 0 bridgehead atoms. The number of pyridine rings is 2. The fraction of sp³-hybridized carbons (Fsp3) is 0. The van der Waals surface area contributed by atoms with Crippen LogP contribution in [0.3, 0.4) is 0 Å². The highest BCUT2D eigenvalue weighted by Crippen LogP contribution is 2.39. The van der Waals surface area contributed by atoms with Crippen molar-refractivity contribution in [1.29, 1.82) is 0 Å². The number of hydrogen-bond donors (Lipinski definition) is 0. The molecule has 46 heavy (non-hydrogen) atoms. The van der Waals surface area contributed by atoms with Crippen LogP contribution in [-0.4, -0.2) is 29.5 Å². The van der Waals surface area contributed by atoms with Gasteiger partial charge < -0.3 is 4.42 Å². The molecule has 5 heterocycles. The lowest BCUT2D eigenvalue weighted by Gasteiger charge is -2.11. The molecule has 9 aromatic rings. The van der Waals surface area contributed by atoms with E-state index in [9.17, 15) is 0 Å². The minimum atomic E-state index is 0.524. The van der Waals surface area contributed by atoms with Gasteiger partial charge in [-0.15, -0.1) is 0 Å². The summed E-state index contributed by atoms with van der Waals surface area (Å²) < 4.78 is 8.69. The summed E-state index contributed by atoms with van der Waals surface area (Å²) in [5, 5.41) is 3.12. The molecule has 0 aliphatic heterocycles. The lowest BCUT2D eigenvalue weighted by atomic mass is 10.0. The van der Waals surface area contributed by atoms with Crippen LogP contribution in [-0.2, 0) is 0 Å². The molecule has 0 unspecified atom stereocenters. The first kappa shape index (κ1) is 26.0. The number of rotatable bonds is 5. The zero-order chi connectivity index (χ0) is 30.5. The lowest BCUT2D eigenvalue weighted by molar-refractivity contribution is 0.635. The second kappa shape index (κ2) is 10.6. The third-order valence-electron chi connectivity index (χ3n) is 8.30. The van der Waals surface area contributed by atoms with E-state index < -0.39 is 0 Å². The Hall–Kier alpha value is -6.47. The second-order valence-corrected chi connectivity index (χ2v) is 11.0. The number of fused-ring (bicyclic) bond motifs is 5. The van der Waals surface area contributed by atoms with E-state index in [-0.39, 0.29) is 0 Å². The summed E-state index contributed by atoms with van der Waals surface area (Å²) in [5.41, 5.74) is 7.74. The summed E-state index contributed by atoms with van der Waals surface area (Å²) in [6.07, 6.45) is 7.10. The fourth-order valence-corrected chi connectivity index (χ4v) is 6.09. The van der Waals surface area contributed by atoms with Crippen LogP contribution in [0.15, 0.2) is 151 Å². The molecule has 0 N–H and O–H groups in total. The number of para-hydroxylation sites is 1. The first-order valence-electron chi connectivity index (χ1n) is 15.0. The molecule has 9 rings (SSSR count). The van der Waals surface area contributed by atoms with Crippen molar-refractivity contribution in [1.82, 2.24) is 29.5 Å². The predicted octanol–water partition coefficient (Wildman–Crippen LogP) is 9.17. The second-order valence-electron chi connectivity index (χ2n) is 11.0. The van der Waals surface area contributed by atoms with E-state index in [0.29, 0.717) is 17.6 Å². The maximum Gasteiger partial charge on any atom is 0.238 e. The molecule has 7 nitrogen and oxygen atoms in total. The van der Waals surface area contributed by atoms with Gasteiger partial charge in [0.15, 0.2) is 11.6 Å². The molecule has 0 atom stereocenters.